The molecular formula is C16H37N3. The van der Waals surface area contributed by atoms with Gasteiger partial charge in [-0.2, -0.15) is 0 Å². The molecule has 3 heteroatoms. The maximum absolute atomic E-state index is 3.47. The van der Waals surface area contributed by atoms with Gasteiger partial charge in [-0.05, 0) is 66.0 Å². The van der Waals surface area contributed by atoms with Gasteiger partial charge in [-0.3, -0.25) is 0 Å². The molecular weight excluding hydrogens is 234 g/mol. The second-order valence-electron chi connectivity index (χ2n) is 5.81. The topological polar surface area (TPSA) is 18.5 Å². The van der Waals surface area contributed by atoms with E-state index in [4.69, 9.17) is 0 Å². The van der Waals surface area contributed by atoms with Crippen LogP contribution in [0.4, 0.5) is 0 Å². The van der Waals surface area contributed by atoms with Crippen molar-refractivity contribution in [2.75, 3.05) is 53.4 Å². The van der Waals surface area contributed by atoms with E-state index < -0.39 is 0 Å². The van der Waals surface area contributed by atoms with Crippen molar-refractivity contribution in [3.05, 3.63) is 0 Å². The molecule has 3 nitrogen and oxygen atoms in total. The maximum Gasteiger partial charge on any atom is 0.0109 e. The largest absolute Gasteiger partial charge is 0.317 e. The van der Waals surface area contributed by atoms with E-state index in [-0.39, 0.29) is 0 Å². The molecule has 0 rings (SSSR count). The Labute approximate surface area is 121 Å². The number of hydrogen-bond acceptors (Lipinski definition) is 3. The van der Waals surface area contributed by atoms with Crippen molar-refractivity contribution in [1.29, 1.82) is 0 Å². The van der Waals surface area contributed by atoms with Crippen molar-refractivity contribution in [2.45, 2.75) is 52.4 Å². The van der Waals surface area contributed by atoms with Crippen LogP contribution in [0.1, 0.15) is 52.4 Å². The van der Waals surface area contributed by atoms with Crippen molar-refractivity contribution in [1.82, 2.24) is 15.1 Å². The molecule has 116 valence electrons. The summed E-state index contributed by atoms with van der Waals surface area (Å²) in [6.07, 6.45) is 7.99. The van der Waals surface area contributed by atoms with Crippen LogP contribution in [0, 0.1) is 0 Å². The van der Waals surface area contributed by atoms with Crippen LogP contribution in [0.15, 0.2) is 0 Å². The average Bonchev–Trinajstić information content (AvgIpc) is 2.38. The predicted molar refractivity (Wildman–Crippen MR) is 86.9 cm³/mol. The molecule has 0 aromatic rings. The fraction of sp³-hybridized carbons (Fsp3) is 1.00. The lowest BCUT2D eigenvalue weighted by Gasteiger charge is -2.23. The zero-order valence-electron chi connectivity index (χ0n) is 13.9. The molecule has 0 unspecified atom stereocenters. The zero-order valence-corrected chi connectivity index (χ0v) is 13.9. The fourth-order valence-electron chi connectivity index (χ4n) is 2.23. The molecule has 19 heavy (non-hydrogen) atoms. The van der Waals surface area contributed by atoms with Gasteiger partial charge in [0, 0.05) is 13.1 Å². The summed E-state index contributed by atoms with van der Waals surface area (Å²) in [6.45, 7) is 11.8. The van der Waals surface area contributed by atoms with Crippen LogP contribution in [-0.4, -0.2) is 63.2 Å². The summed E-state index contributed by atoms with van der Waals surface area (Å²) < 4.78 is 0. The summed E-state index contributed by atoms with van der Waals surface area (Å²) in [5.74, 6) is 0. The highest BCUT2D eigenvalue weighted by Gasteiger charge is 2.03. The molecule has 0 aromatic carbocycles. The first-order chi connectivity index (χ1) is 9.20. The number of likely N-dealkylation sites (N-methyl/N-ethyl adjacent to an activating group) is 1. The summed E-state index contributed by atoms with van der Waals surface area (Å²) in [6, 6.07) is 0. The van der Waals surface area contributed by atoms with Gasteiger partial charge in [-0.15, -0.1) is 0 Å². The Bertz CT molecular complexity index is 171. The van der Waals surface area contributed by atoms with E-state index in [1.165, 1.54) is 77.8 Å². The second kappa shape index (κ2) is 14.3. The van der Waals surface area contributed by atoms with Gasteiger partial charge in [0.05, 0.1) is 0 Å². The van der Waals surface area contributed by atoms with Crippen LogP contribution in [0.5, 0.6) is 0 Å². The SMILES string of the molecule is CCCNCCCCCCN(CCC)CCN(C)C. The van der Waals surface area contributed by atoms with E-state index in [0.29, 0.717) is 0 Å². The summed E-state index contributed by atoms with van der Waals surface area (Å²) >= 11 is 0. The molecule has 0 aliphatic heterocycles. The molecule has 0 aliphatic rings. The van der Waals surface area contributed by atoms with Crippen molar-refractivity contribution < 1.29 is 0 Å². The highest BCUT2D eigenvalue weighted by atomic mass is 15.2. The van der Waals surface area contributed by atoms with Gasteiger partial charge in [-0.1, -0.05) is 26.7 Å². The second-order valence-corrected chi connectivity index (χ2v) is 5.81. The van der Waals surface area contributed by atoms with Gasteiger partial charge in [-0.25, -0.2) is 0 Å². The first-order valence-corrected chi connectivity index (χ1v) is 8.28. The lowest BCUT2D eigenvalue weighted by atomic mass is 10.2. The lowest BCUT2D eigenvalue weighted by Crippen LogP contribution is -2.33. The molecule has 0 amide bonds. The third kappa shape index (κ3) is 14.1. The van der Waals surface area contributed by atoms with Gasteiger partial charge >= 0.3 is 0 Å². The van der Waals surface area contributed by atoms with Gasteiger partial charge in [0.2, 0.25) is 0 Å². The molecule has 0 saturated carbocycles. The third-order valence-electron chi connectivity index (χ3n) is 3.41. The molecule has 1 N–H and O–H groups in total. The number of nitrogens with one attached hydrogen (secondary N) is 1. The monoisotopic (exact) mass is 271 g/mol. The molecule has 0 radical (unpaired) electrons. The zero-order chi connectivity index (χ0) is 14.3. The number of nitrogens with zero attached hydrogens (tertiary/aromatic N) is 2. The molecule has 0 aliphatic carbocycles. The molecule has 0 bridgehead atoms. The van der Waals surface area contributed by atoms with Crippen LogP contribution in [0.25, 0.3) is 0 Å². The maximum atomic E-state index is 3.47. The lowest BCUT2D eigenvalue weighted by molar-refractivity contribution is 0.236. The summed E-state index contributed by atoms with van der Waals surface area (Å²) in [5.41, 5.74) is 0. The Morgan fingerprint density at radius 3 is 2.05 bits per heavy atom. The average molecular weight is 271 g/mol. The van der Waals surface area contributed by atoms with Crippen LogP contribution >= 0.6 is 0 Å². The first kappa shape index (κ1) is 18.9. The van der Waals surface area contributed by atoms with Crippen LogP contribution in [0.3, 0.4) is 0 Å². The molecule has 0 heterocycles. The molecule has 0 atom stereocenters. The minimum Gasteiger partial charge on any atom is -0.317 e. The van der Waals surface area contributed by atoms with E-state index in [1.807, 2.05) is 0 Å². The number of rotatable bonds is 14. The van der Waals surface area contributed by atoms with Gasteiger partial charge in [0.25, 0.3) is 0 Å². The minimum atomic E-state index is 1.18. The van der Waals surface area contributed by atoms with Crippen LogP contribution < -0.4 is 5.32 Å². The third-order valence-corrected chi connectivity index (χ3v) is 3.41. The summed E-state index contributed by atoms with van der Waals surface area (Å²) in [5, 5.41) is 3.47. The Hall–Kier alpha value is -0.120. The minimum absolute atomic E-state index is 1.18. The summed E-state index contributed by atoms with van der Waals surface area (Å²) in [4.78, 5) is 4.90. The van der Waals surface area contributed by atoms with Crippen molar-refractivity contribution >= 4 is 0 Å². The van der Waals surface area contributed by atoms with Crippen LogP contribution in [0.2, 0.25) is 0 Å². The standard InChI is InChI=1S/C16H37N3/c1-5-11-17-12-9-7-8-10-14-19(13-6-2)16-15-18(3)4/h17H,5-16H2,1-4H3. The molecule has 0 saturated heterocycles. The Morgan fingerprint density at radius 1 is 0.684 bits per heavy atom. The van der Waals surface area contributed by atoms with E-state index >= 15 is 0 Å². The quantitative estimate of drug-likeness (QED) is 0.490. The van der Waals surface area contributed by atoms with E-state index in [9.17, 15) is 0 Å². The fourth-order valence-corrected chi connectivity index (χ4v) is 2.23. The Kier molecular flexibility index (Phi) is 14.2. The smallest absolute Gasteiger partial charge is 0.0109 e. The number of hydrogen-bond donors (Lipinski definition) is 1. The van der Waals surface area contributed by atoms with E-state index in [2.05, 4.69) is 43.1 Å². The van der Waals surface area contributed by atoms with Crippen molar-refractivity contribution in [3.63, 3.8) is 0 Å². The molecule has 0 aromatic heterocycles. The molecule has 0 spiro atoms. The molecule has 0 fully saturated rings. The van der Waals surface area contributed by atoms with Crippen molar-refractivity contribution in [2.24, 2.45) is 0 Å². The van der Waals surface area contributed by atoms with E-state index in [1.54, 1.807) is 0 Å². The van der Waals surface area contributed by atoms with Gasteiger partial charge < -0.3 is 15.1 Å². The van der Waals surface area contributed by atoms with Gasteiger partial charge in [0.1, 0.15) is 0 Å². The van der Waals surface area contributed by atoms with Crippen molar-refractivity contribution in [3.8, 4) is 0 Å². The van der Waals surface area contributed by atoms with Crippen LogP contribution in [-0.2, 0) is 0 Å². The van der Waals surface area contributed by atoms with Gasteiger partial charge in [0.15, 0.2) is 0 Å². The first-order valence-electron chi connectivity index (χ1n) is 8.28. The highest BCUT2D eigenvalue weighted by Crippen LogP contribution is 2.02. The predicted octanol–water partition coefficient (Wildman–Crippen LogP) is 2.82. The Balaban J connectivity index is 3.42. The summed E-state index contributed by atoms with van der Waals surface area (Å²) in [7, 11) is 4.32. The normalized spacial score (nSPS) is 11.7. The highest BCUT2D eigenvalue weighted by molar-refractivity contribution is 4.60. The number of unbranched alkanes of at least 4 members (excludes halogenated alkanes) is 3. The Morgan fingerprint density at radius 2 is 1.42 bits per heavy atom. The van der Waals surface area contributed by atoms with E-state index in [0.717, 1.165) is 0 Å².